The monoisotopic (exact) mass is 275 g/mol. The van der Waals surface area contributed by atoms with Crippen molar-refractivity contribution in [3.63, 3.8) is 0 Å². The number of anilines is 2. The van der Waals surface area contributed by atoms with Gasteiger partial charge in [-0.15, -0.1) is 0 Å². The molecule has 2 atom stereocenters. The van der Waals surface area contributed by atoms with Crippen LogP contribution < -0.4 is 16.4 Å². The first kappa shape index (κ1) is 14.7. The molecule has 0 aliphatic heterocycles. The molecule has 1 aromatic carbocycles. The summed E-state index contributed by atoms with van der Waals surface area (Å²) in [6.45, 7) is 3.24. The standard InChI is InChI=1S/C16H25N3O/c1-11-5-3-4-6-12(11)10-19-15-9-13(17)7-8-14(15)16(20)18-2/h7-9,11-12,19H,3-6,10,17H2,1-2H3,(H,18,20). The van der Waals surface area contributed by atoms with Gasteiger partial charge in [0.15, 0.2) is 0 Å². The number of carbonyl (C=O) groups is 1. The molecule has 4 heteroatoms. The Labute approximate surface area is 121 Å². The number of rotatable bonds is 4. The van der Waals surface area contributed by atoms with Crippen molar-refractivity contribution >= 4 is 17.3 Å². The van der Waals surface area contributed by atoms with Crippen molar-refractivity contribution in [3.05, 3.63) is 23.8 Å². The fourth-order valence-electron chi connectivity index (χ4n) is 2.98. The lowest BCUT2D eigenvalue weighted by atomic mass is 9.80. The molecule has 0 saturated heterocycles. The van der Waals surface area contributed by atoms with Gasteiger partial charge in [-0.3, -0.25) is 4.79 Å². The molecule has 0 aromatic heterocycles. The van der Waals surface area contributed by atoms with Crippen molar-refractivity contribution in [2.45, 2.75) is 32.6 Å². The van der Waals surface area contributed by atoms with Crippen LogP contribution in [0.4, 0.5) is 11.4 Å². The van der Waals surface area contributed by atoms with Crippen LogP contribution in [0.1, 0.15) is 43.0 Å². The van der Waals surface area contributed by atoms with Gasteiger partial charge in [-0.25, -0.2) is 0 Å². The van der Waals surface area contributed by atoms with Crippen LogP contribution >= 0.6 is 0 Å². The highest BCUT2D eigenvalue weighted by Gasteiger charge is 2.21. The zero-order chi connectivity index (χ0) is 14.5. The Morgan fingerprint density at radius 3 is 2.80 bits per heavy atom. The predicted molar refractivity (Wildman–Crippen MR) is 83.9 cm³/mol. The molecule has 1 aliphatic rings. The van der Waals surface area contributed by atoms with Crippen LogP contribution in [0.3, 0.4) is 0 Å². The lowest BCUT2D eigenvalue weighted by Gasteiger charge is -2.29. The average molecular weight is 275 g/mol. The van der Waals surface area contributed by atoms with E-state index in [4.69, 9.17) is 5.73 Å². The molecule has 20 heavy (non-hydrogen) atoms. The van der Waals surface area contributed by atoms with E-state index in [0.717, 1.165) is 18.2 Å². The largest absolute Gasteiger partial charge is 0.399 e. The highest BCUT2D eigenvalue weighted by molar-refractivity contribution is 6.00. The van der Waals surface area contributed by atoms with Gasteiger partial charge in [0.25, 0.3) is 5.91 Å². The smallest absolute Gasteiger partial charge is 0.253 e. The van der Waals surface area contributed by atoms with Gasteiger partial charge in [-0.05, 0) is 36.5 Å². The van der Waals surface area contributed by atoms with Crippen LogP contribution in [0.15, 0.2) is 18.2 Å². The van der Waals surface area contributed by atoms with Gasteiger partial charge >= 0.3 is 0 Å². The Hall–Kier alpha value is -1.71. The van der Waals surface area contributed by atoms with Gasteiger partial charge in [0, 0.05) is 25.0 Å². The Balaban J connectivity index is 2.07. The summed E-state index contributed by atoms with van der Waals surface area (Å²) in [6.07, 6.45) is 5.24. The molecular formula is C16H25N3O. The number of amides is 1. The molecule has 1 amide bonds. The fourth-order valence-corrected chi connectivity index (χ4v) is 2.98. The SMILES string of the molecule is CNC(=O)c1ccc(N)cc1NCC1CCCCC1C. The first-order chi connectivity index (χ1) is 9.61. The maximum atomic E-state index is 11.9. The molecule has 1 aromatic rings. The summed E-state index contributed by atoms with van der Waals surface area (Å²) in [5.41, 5.74) is 8.00. The minimum Gasteiger partial charge on any atom is -0.399 e. The third-order valence-corrected chi connectivity index (χ3v) is 4.36. The molecule has 0 bridgehead atoms. The molecule has 4 N–H and O–H groups in total. The van der Waals surface area contributed by atoms with Gasteiger partial charge < -0.3 is 16.4 Å². The third-order valence-electron chi connectivity index (χ3n) is 4.36. The van der Waals surface area contributed by atoms with Crippen molar-refractivity contribution in [2.75, 3.05) is 24.6 Å². The first-order valence-electron chi connectivity index (χ1n) is 7.47. The summed E-state index contributed by atoms with van der Waals surface area (Å²) >= 11 is 0. The summed E-state index contributed by atoms with van der Waals surface area (Å²) in [5.74, 6) is 1.35. The summed E-state index contributed by atoms with van der Waals surface area (Å²) < 4.78 is 0. The molecule has 0 spiro atoms. The highest BCUT2D eigenvalue weighted by Crippen LogP contribution is 2.30. The number of hydrogen-bond acceptors (Lipinski definition) is 3. The number of nitrogens with two attached hydrogens (primary N) is 1. The fraction of sp³-hybridized carbons (Fsp3) is 0.562. The van der Waals surface area contributed by atoms with Gasteiger partial charge in [-0.2, -0.15) is 0 Å². The van der Waals surface area contributed by atoms with Gasteiger partial charge in [0.2, 0.25) is 0 Å². The minimum atomic E-state index is -0.0795. The van der Waals surface area contributed by atoms with Gasteiger partial charge in [0.05, 0.1) is 5.56 Å². The highest BCUT2D eigenvalue weighted by atomic mass is 16.1. The second-order valence-corrected chi connectivity index (χ2v) is 5.79. The van der Waals surface area contributed by atoms with E-state index < -0.39 is 0 Å². The van der Waals surface area contributed by atoms with Gasteiger partial charge in [0.1, 0.15) is 0 Å². The number of carbonyl (C=O) groups excluding carboxylic acids is 1. The molecule has 0 radical (unpaired) electrons. The summed E-state index contributed by atoms with van der Waals surface area (Å²) in [4.78, 5) is 11.9. The van der Waals surface area contributed by atoms with Crippen LogP contribution in [0.2, 0.25) is 0 Å². The summed E-state index contributed by atoms with van der Waals surface area (Å²) in [7, 11) is 1.64. The zero-order valence-corrected chi connectivity index (χ0v) is 12.4. The number of nitrogens with one attached hydrogen (secondary N) is 2. The quantitative estimate of drug-likeness (QED) is 0.740. The third kappa shape index (κ3) is 3.44. The van der Waals surface area contributed by atoms with E-state index in [1.165, 1.54) is 25.7 Å². The van der Waals surface area contributed by atoms with Crippen molar-refractivity contribution in [3.8, 4) is 0 Å². The molecule has 2 unspecified atom stereocenters. The van der Waals surface area contributed by atoms with Crippen LogP contribution in [-0.2, 0) is 0 Å². The molecule has 110 valence electrons. The predicted octanol–water partition coefficient (Wildman–Crippen LogP) is 2.87. The second-order valence-electron chi connectivity index (χ2n) is 5.79. The number of benzene rings is 1. The molecule has 1 fully saturated rings. The summed E-state index contributed by atoms with van der Waals surface area (Å²) in [6, 6.07) is 5.39. The molecule has 4 nitrogen and oxygen atoms in total. The maximum Gasteiger partial charge on any atom is 0.253 e. The summed E-state index contributed by atoms with van der Waals surface area (Å²) in [5, 5.41) is 6.10. The topological polar surface area (TPSA) is 67.2 Å². The number of nitrogen functional groups attached to an aromatic ring is 1. The van der Waals surface area contributed by atoms with Crippen molar-refractivity contribution in [1.82, 2.24) is 5.32 Å². The number of hydrogen-bond donors (Lipinski definition) is 3. The second kappa shape index (κ2) is 6.64. The molecule has 1 saturated carbocycles. The lowest BCUT2D eigenvalue weighted by Crippen LogP contribution is -2.26. The van der Waals surface area contributed by atoms with Crippen LogP contribution in [-0.4, -0.2) is 19.5 Å². The molecule has 0 heterocycles. The Bertz CT molecular complexity index is 473. The Kier molecular flexibility index (Phi) is 4.88. The Morgan fingerprint density at radius 1 is 1.35 bits per heavy atom. The van der Waals surface area contributed by atoms with E-state index in [0.29, 0.717) is 17.2 Å². The first-order valence-corrected chi connectivity index (χ1v) is 7.47. The normalized spacial score (nSPS) is 22.3. The van der Waals surface area contributed by atoms with Crippen LogP contribution in [0.25, 0.3) is 0 Å². The maximum absolute atomic E-state index is 11.9. The van der Waals surface area contributed by atoms with E-state index in [1.54, 1.807) is 19.2 Å². The van der Waals surface area contributed by atoms with Gasteiger partial charge in [-0.1, -0.05) is 26.2 Å². The lowest BCUT2D eigenvalue weighted by molar-refractivity contribution is 0.0964. The van der Waals surface area contributed by atoms with Crippen LogP contribution in [0, 0.1) is 11.8 Å². The minimum absolute atomic E-state index is 0.0795. The van der Waals surface area contributed by atoms with E-state index in [9.17, 15) is 4.79 Å². The van der Waals surface area contributed by atoms with Crippen molar-refractivity contribution in [2.24, 2.45) is 11.8 Å². The van der Waals surface area contributed by atoms with E-state index in [1.807, 2.05) is 6.07 Å². The zero-order valence-electron chi connectivity index (χ0n) is 12.4. The van der Waals surface area contributed by atoms with E-state index in [2.05, 4.69) is 17.6 Å². The van der Waals surface area contributed by atoms with Crippen molar-refractivity contribution < 1.29 is 4.79 Å². The van der Waals surface area contributed by atoms with E-state index >= 15 is 0 Å². The van der Waals surface area contributed by atoms with E-state index in [-0.39, 0.29) is 5.91 Å². The average Bonchev–Trinajstić information content (AvgIpc) is 2.46. The molecule has 2 rings (SSSR count). The Morgan fingerprint density at radius 2 is 2.10 bits per heavy atom. The molecular weight excluding hydrogens is 250 g/mol. The van der Waals surface area contributed by atoms with Crippen molar-refractivity contribution in [1.29, 1.82) is 0 Å². The molecule has 1 aliphatic carbocycles. The van der Waals surface area contributed by atoms with Crippen LogP contribution in [0.5, 0.6) is 0 Å².